The SMILES string of the molecule is CCC1CNC(Cc2ccccc2)CN1C1(CC)CCC1. The van der Waals surface area contributed by atoms with Crippen LogP contribution < -0.4 is 5.32 Å². The maximum absolute atomic E-state index is 3.80. The van der Waals surface area contributed by atoms with Gasteiger partial charge in [0.2, 0.25) is 0 Å². The lowest BCUT2D eigenvalue weighted by Crippen LogP contribution is -2.66. The molecular formula is C19H30N2. The van der Waals surface area contributed by atoms with Gasteiger partial charge in [0.15, 0.2) is 0 Å². The molecule has 1 aliphatic heterocycles. The van der Waals surface area contributed by atoms with Gasteiger partial charge in [0.05, 0.1) is 0 Å². The third-order valence-electron chi connectivity index (χ3n) is 5.85. The van der Waals surface area contributed by atoms with Crippen molar-refractivity contribution in [3.63, 3.8) is 0 Å². The molecule has 1 heterocycles. The summed E-state index contributed by atoms with van der Waals surface area (Å²) in [6.45, 7) is 7.12. The van der Waals surface area contributed by atoms with E-state index in [-0.39, 0.29) is 0 Å². The minimum absolute atomic E-state index is 0.526. The monoisotopic (exact) mass is 286 g/mol. The molecule has 1 aliphatic carbocycles. The summed E-state index contributed by atoms with van der Waals surface area (Å²) in [5, 5.41) is 3.80. The van der Waals surface area contributed by atoms with Gasteiger partial charge in [-0.3, -0.25) is 4.90 Å². The number of nitrogens with one attached hydrogen (secondary N) is 1. The average molecular weight is 286 g/mol. The lowest BCUT2D eigenvalue weighted by molar-refractivity contribution is -0.0442. The Morgan fingerprint density at radius 2 is 1.95 bits per heavy atom. The molecule has 2 fully saturated rings. The summed E-state index contributed by atoms with van der Waals surface area (Å²) in [5.74, 6) is 0. The molecule has 1 aromatic carbocycles. The molecule has 2 heteroatoms. The smallest absolute Gasteiger partial charge is 0.0236 e. The fourth-order valence-corrected chi connectivity index (χ4v) is 4.27. The van der Waals surface area contributed by atoms with Crippen LogP contribution in [0.2, 0.25) is 0 Å². The maximum Gasteiger partial charge on any atom is 0.0236 e. The van der Waals surface area contributed by atoms with Gasteiger partial charge in [0.25, 0.3) is 0 Å². The molecule has 0 spiro atoms. The molecular weight excluding hydrogens is 256 g/mol. The normalized spacial score (nSPS) is 29.0. The van der Waals surface area contributed by atoms with E-state index < -0.39 is 0 Å². The van der Waals surface area contributed by atoms with Crippen molar-refractivity contribution in [1.82, 2.24) is 10.2 Å². The molecule has 1 saturated carbocycles. The minimum Gasteiger partial charge on any atom is -0.311 e. The molecule has 2 aliphatic rings. The Morgan fingerprint density at radius 3 is 2.52 bits per heavy atom. The van der Waals surface area contributed by atoms with Gasteiger partial charge < -0.3 is 5.32 Å². The fraction of sp³-hybridized carbons (Fsp3) is 0.684. The molecule has 2 nitrogen and oxygen atoms in total. The molecule has 0 aromatic heterocycles. The Bertz CT molecular complexity index is 433. The molecule has 0 radical (unpaired) electrons. The maximum atomic E-state index is 3.80. The van der Waals surface area contributed by atoms with Crippen molar-refractivity contribution in [3.8, 4) is 0 Å². The molecule has 2 unspecified atom stereocenters. The summed E-state index contributed by atoms with van der Waals surface area (Å²) in [6, 6.07) is 12.3. The number of hydrogen-bond donors (Lipinski definition) is 1. The standard InChI is InChI=1S/C19H30N2/c1-3-18-14-20-17(13-16-9-6-5-7-10-16)15-21(18)19(4-2)11-8-12-19/h5-7,9-10,17-18,20H,3-4,8,11-15H2,1-2H3. The quantitative estimate of drug-likeness (QED) is 0.889. The van der Waals surface area contributed by atoms with Crippen LogP contribution in [0.5, 0.6) is 0 Å². The van der Waals surface area contributed by atoms with Crippen LogP contribution in [-0.2, 0) is 6.42 Å². The van der Waals surface area contributed by atoms with Crippen molar-refractivity contribution in [2.75, 3.05) is 13.1 Å². The van der Waals surface area contributed by atoms with E-state index in [0.29, 0.717) is 11.6 Å². The van der Waals surface area contributed by atoms with Crippen LogP contribution in [0.15, 0.2) is 30.3 Å². The summed E-state index contributed by atoms with van der Waals surface area (Å²) in [6.07, 6.45) is 8.01. The van der Waals surface area contributed by atoms with Crippen LogP contribution in [0.4, 0.5) is 0 Å². The van der Waals surface area contributed by atoms with E-state index in [1.54, 1.807) is 0 Å². The van der Waals surface area contributed by atoms with Crippen LogP contribution in [0.1, 0.15) is 51.5 Å². The molecule has 21 heavy (non-hydrogen) atoms. The van der Waals surface area contributed by atoms with Crippen molar-refractivity contribution >= 4 is 0 Å². The number of piperazine rings is 1. The lowest BCUT2D eigenvalue weighted by Gasteiger charge is -2.56. The molecule has 2 atom stereocenters. The molecule has 3 rings (SSSR count). The van der Waals surface area contributed by atoms with E-state index in [4.69, 9.17) is 0 Å². The summed E-state index contributed by atoms with van der Waals surface area (Å²) >= 11 is 0. The van der Waals surface area contributed by atoms with E-state index in [2.05, 4.69) is 54.4 Å². The Balaban J connectivity index is 1.69. The van der Waals surface area contributed by atoms with Gasteiger partial charge in [-0.1, -0.05) is 44.2 Å². The van der Waals surface area contributed by atoms with Crippen LogP contribution in [0, 0.1) is 0 Å². The Hall–Kier alpha value is -0.860. The number of rotatable bonds is 5. The van der Waals surface area contributed by atoms with Gasteiger partial charge in [0.1, 0.15) is 0 Å². The summed E-state index contributed by atoms with van der Waals surface area (Å²) in [5.41, 5.74) is 1.99. The van der Waals surface area contributed by atoms with Crippen molar-refractivity contribution in [2.45, 2.75) is 70.0 Å². The lowest BCUT2D eigenvalue weighted by atomic mass is 9.72. The Morgan fingerprint density at radius 1 is 1.19 bits per heavy atom. The van der Waals surface area contributed by atoms with Gasteiger partial charge in [-0.25, -0.2) is 0 Å². The predicted molar refractivity (Wildman–Crippen MR) is 89.6 cm³/mol. The summed E-state index contributed by atoms with van der Waals surface area (Å²) < 4.78 is 0. The molecule has 116 valence electrons. The third-order valence-corrected chi connectivity index (χ3v) is 5.85. The van der Waals surface area contributed by atoms with Crippen LogP contribution in [0.25, 0.3) is 0 Å². The first-order valence-corrected chi connectivity index (χ1v) is 8.81. The largest absolute Gasteiger partial charge is 0.311 e. The van der Waals surface area contributed by atoms with E-state index >= 15 is 0 Å². The minimum atomic E-state index is 0.526. The first kappa shape index (κ1) is 15.1. The van der Waals surface area contributed by atoms with Gasteiger partial charge in [-0.2, -0.15) is 0 Å². The number of hydrogen-bond acceptors (Lipinski definition) is 2. The molecule has 1 N–H and O–H groups in total. The van der Waals surface area contributed by atoms with Crippen LogP contribution in [0.3, 0.4) is 0 Å². The first-order valence-electron chi connectivity index (χ1n) is 8.81. The average Bonchev–Trinajstić information content (AvgIpc) is 2.48. The molecule has 1 aromatic rings. The fourth-order valence-electron chi connectivity index (χ4n) is 4.27. The second-order valence-corrected chi connectivity index (χ2v) is 6.94. The highest BCUT2D eigenvalue weighted by atomic mass is 15.3. The van der Waals surface area contributed by atoms with Crippen molar-refractivity contribution in [1.29, 1.82) is 0 Å². The van der Waals surface area contributed by atoms with Crippen molar-refractivity contribution in [3.05, 3.63) is 35.9 Å². The zero-order chi connectivity index (χ0) is 14.7. The number of nitrogens with zero attached hydrogens (tertiary/aromatic N) is 1. The van der Waals surface area contributed by atoms with Crippen LogP contribution >= 0.6 is 0 Å². The van der Waals surface area contributed by atoms with Gasteiger partial charge in [0, 0.05) is 30.7 Å². The summed E-state index contributed by atoms with van der Waals surface area (Å²) in [7, 11) is 0. The zero-order valence-corrected chi connectivity index (χ0v) is 13.6. The highest BCUT2D eigenvalue weighted by Crippen LogP contribution is 2.42. The van der Waals surface area contributed by atoms with E-state index in [1.807, 2.05) is 0 Å². The second kappa shape index (κ2) is 6.50. The molecule has 1 saturated heterocycles. The number of benzene rings is 1. The highest BCUT2D eigenvalue weighted by Gasteiger charge is 2.45. The zero-order valence-electron chi connectivity index (χ0n) is 13.6. The van der Waals surface area contributed by atoms with Gasteiger partial charge in [-0.15, -0.1) is 0 Å². The highest BCUT2D eigenvalue weighted by molar-refractivity contribution is 5.16. The van der Waals surface area contributed by atoms with E-state index in [0.717, 1.165) is 19.0 Å². The Labute approximate surface area is 129 Å². The summed E-state index contributed by atoms with van der Waals surface area (Å²) in [4.78, 5) is 2.88. The van der Waals surface area contributed by atoms with E-state index in [9.17, 15) is 0 Å². The van der Waals surface area contributed by atoms with E-state index in [1.165, 1.54) is 44.2 Å². The molecule has 0 bridgehead atoms. The first-order chi connectivity index (χ1) is 10.3. The van der Waals surface area contributed by atoms with Crippen molar-refractivity contribution in [2.24, 2.45) is 0 Å². The predicted octanol–water partition coefficient (Wildman–Crippen LogP) is 3.61. The van der Waals surface area contributed by atoms with Crippen LogP contribution in [-0.4, -0.2) is 35.6 Å². The van der Waals surface area contributed by atoms with Gasteiger partial charge in [-0.05, 0) is 44.1 Å². The second-order valence-electron chi connectivity index (χ2n) is 6.94. The third kappa shape index (κ3) is 3.02. The van der Waals surface area contributed by atoms with Crippen molar-refractivity contribution < 1.29 is 0 Å². The Kier molecular flexibility index (Phi) is 4.66. The topological polar surface area (TPSA) is 15.3 Å². The van der Waals surface area contributed by atoms with Gasteiger partial charge >= 0.3 is 0 Å². The molecule has 0 amide bonds.